The van der Waals surface area contributed by atoms with Gasteiger partial charge in [0, 0.05) is 44.8 Å². The number of hydrogen-bond donors (Lipinski definition) is 1. The summed E-state index contributed by atoms with van der Waals surface area (Å²) in [4.78, 5) is 38.6. The number of piperidine rings is 2. The lowest BCUT2D eigenvalue weighted by atomic mass is 9.69. The molecule has 3 aliphatic rings. The van der Waals surface area contributed by atoms with E-state index >= 15 is 0 Å². The Morgan fingerprint density at radius 1 is 1.24 bits per heavy atom. The third-order valence-electron chi connectivity index (χ3n) is 7.28. The highest BCUT2D eigenvalue weighted by atomic mass is 16.5. The number of ether oxygens (including phenoxy) is 1. The molecule has 2 saturated heterocycles. The van der Waals surface area contributed by atoms with E-state index in [2.05, 4.69) is 16.5 Å². The van der Waals surface area contributed by atoms with Crippen LogP contribution in [0.3, 0.4) is 0 Å². The molecule has 9 heteroatoms. The molecule has 0 radical (unpaired) electrons. The Morgan fingerprint density at radius 3 is 2.64 bits per heavy atom. The lowest BCUT2D eigenvalue weighted by Crippen LogP contribution is -2.50. The van der Waals surface area contributed by atoms with E-state index in [1.807, 2.05) is 30.1 Å². The fourth-order valence-electron chi connectivity index (χ4n) is 5.20. The second-order valence-electron chi connectivity index (χ2n) is 9.32. The summed E-state index contributed by atoms with van der Waals surface area (Å²) in [5.74, 6) is -0.356. The zero-order valence-electron chi connectivity index (χ0n) is 18.7. The molecule has 3 heterocycles. The van der Waals surface area contributed by atoms with Crippen LogP contribution in [0, 0.1) is 16.7 Å². The number of imide groups is 1. The summed E-state index contributed by atoms with van der Waals surface area (Å²) in [6, 6.07) is 7.96. The molecule has 33 heavy (non-hydrogen) atoms. The molecule has 3 fully saturated rings. The van der Waals surface area contributed by atoms with E-state index in [1.54, 1.807) is 4.68 Å². The molecular weight excluding hydrogens is 422 g/mol. The highest BCUT2D eigenvalue weighted by Gasteiger charge is 2.47. The third-order valence-corrected chi connectivity index (χ3v) is 7.28. The lowest BCUT2D eigenvalue weighted by molar-refractivity contribution is -0.144. The molecule has 1 aromatic heterocycles. The minimum absolute atomic E-state index is 0.0303. The lowest BCUT2D eigenvalue weighted by Gasteiger charge is -2.40. The molecule has 1 N–H and O–H groups in total. The van der Waals surface area contributed by atoms with Gasteiger partial charge in [-0.1, -0.05) is 12.1 Å². The molecule has 1 unspecified atom stereocenters. The van der Waals surface area contributed by atoms with Crippen molar-refractivity contribution in [3.05, 3.63) is 23.9 Å². The van der Waals surface area contributed by atoms with E-state index in [0.717, 1.165) is 17.3 Å². The number of fused-ring (bicyclic) bond motifs is 1. The minimum Gasteiger partial charge on any atom is -0.488 e. The number of nitrogens with one attached hydrogen (secondary N) is 1. The van der Waals surface area contributed by atoms with E-state index in [4.69, 9.17) is 4.74 Å². The molecule has 1 aromatic carbocycles. The Balaban J connectivity index is 1.31. The molecule has 3 amide bonds. The number of likely N-dealkylation sites (tertiary alicyclic amines) is 1. The molecule has 5 rings (SSSR count). The fraction of sp³-hybridized carbons (Fsp3) is 0.542. The predicted octanol–water partition coefficient (Wildman–Crippen LogP) is 2.16. The van der Waals surface area contributed by atoms with Gasteiger partial charge in [0.25, 0.3) is 0 Å². The molecule has 172 valence electrons. The Hall–Kier alpha value is -3.41. The summed E-state index contributed by atoms with van der Waals surface area (Å²) in [7, 11) is 1.83. The van der Waals surface area contributed by atoms with Crippen molar-refractivity contribution in [2.45, 2.75) is 57.0 Å². The fourth-order valence-corrected chi connectivity index (χ4v) is 5.20. The number of nitriles is 1. The SMILES string of the molecule is Cn1nc(C2CCC(=O)NC2=O)c2cccc(OC3CCN(C(=O)C4(C#N)CCC4)CC3)c21. The van der Waals surface area contributed by atoms with Crippen LogP contribution >= 0.6 is 0 Å². The molecule has 1 aliphatic carbocycles. The quantitative estimate of drug-likeness (QED) is 0.715. The van der Waals surface area contributed by atoms with E-state index in [1.165, 1.54) is 0 Å². The number of nitrogens with zero attached hydrogens (tertiary/aromatic N) is 4. The monoisotopic (exact) mass is 449 g/mol. The topological polar surface area (TPSA) is 117 Å². The largest absolute Gasteiger partial charge is 0.488 e. The van der Waals surface area contributed by atoms with Crippen molar-refractivity contribution in [3.8, 4) is 11.8 Å². The smallest absolute Gasteiger partial charge is 0.243 e. The third kappa shape index (κ3) is 3.63. The van der Waals surface area contributed by atoms with E-state index < -0.39 is 11.3 Å². The van der Waals surface area contributed by atoms with Crippen LogP contribution in [0.1, 0.15) is 56.6 Å². The van der Waals surface area contributed by atoms with Gasteiger partial charge < -0.3 is 9.64 Å². The van der Waals surface area contributed by atoms with Gasteiger partial charge in [0.05, 0.1) is 17.7 Å². The van der Waals surface area contributed by atoms with Gasteiger partial charge in [-0.3, -0.25) is 24.4 Å². The molecule has 1 saturated carbocycles. The highest BCUT2D eigenvalue weighted by molar-refractivity contribution is 6.03. The van der Waals surface area contributed by atoms with Crippen molar-refractivity contribution in [1.82, 2.24) is 20.0 Å². The summed E-state index contributed by atoms with van der Waals surface area (Å²) in [6.07, 6.45) is 4.35. The standard InChI is InChI=1S/C24H27N5O4/c1-28-21-16(20(27-28)17-6-7-19(30)26-22(17)31)4-2-5-18(21)33-15-8-12-29(13-9-15)23(32)24(14-25)10-3-11-24/h2,4-5,15,17H,3,6-13H2,1H3,(H,26,30,31). The van der Waals surface area contributed by atoms with Crippen molar-refractivity contribution in [2.24, 2.45) is 12.5 Å². The van der Waals surface area contributed by atoms with E-state index in [9.17, 15) is 19.6 Å². The van der Waals surface area contributed by atoms with Gasteiger partial charge in [-0.25, -0.2) is 0 Å². The second-order valence-corrected chi connectivity index (χ2v) is 9.32. The number of rotatable bonds is 4. The van der Waals surface area contributed by atoms with Crippen molar-refractivity contribution in [1.29, 1.82) is 5.26 Å². The van der Waals surface area contributed by atoms with Crippen LogP contribution in [-0.4, -0.2) is 51.6 Å². The second kappa shape index (κ2) is 8.18. The van der Waals surface area contributed by atoms with Crippen LogP contribution in [-0.2, 0) is 21.4 Å². The van der Waals surface area contributed by atoms with Gasteiger partial charge >= 0.3 is 0 Å². The maximum atomic E-state index is 12.8. The summed E-state index contributed by atoms with van der Waals surface area (Å²) in [5.41, 5.74) is 0.666. The van der Waals surface area contributed by atoms with Gasteiger partial charge in [-0.05, 0) is 31.7 Å². The van der Waals surface area contributed by atoms with Crippen LogP contribution in [0.5, 0.6) is 5.75 Å². The van der Waals surface area contributed by atoms with Crippen molar-refractivity contribution in [3.63, 3.8) is 0 Å². The summed E-state index contributed by atoms with van der Waals surface area (Å²) in [5, 5.41) is 17.3. The van der Waals surface area contributed by atoms with Crippen LogP contribution in [0.2, 0.25) is 0 Å². The zero-order valence-corrected chi connectivity index (χ0v) is 18.7. The molecular formula is C24H27N5O4. The number of aryl methyl sites for hydroxylation is 1. The Bertz CT molecular complexity index is 1170. The first-order valence-corrected chi connectivity index (χ1v) is 11.6. The van der Waals surface area contributed by atoms with Crippen molar-refractivity contribution < 1.29 is 19.1 Å². The highest BCUT2D eigenvalue weighted by Crippen LogP contribution is 2.42. The normalized spacial score (nSPS) is 23.0. The Kier molecular flexibility index (Phi) is 5.31. The molecule has 2 aliphatic heterocycles. The molecule has 0 bridgehead atoms. The average Bonchev–Trinajstić information content (AvgIpc) is 3.11. The number of benzene rings is 1. The first-order valence-electron chi connectivity index (χ1n) is 11.6. The summed E-state index contributed by atoms with van der Waals surface area (Å²) in [6.45, 7) is 1.16. The number of carbonyl (C=O) groups excluding carboxylic acids is 3. The Morgan fingerprint density at radius 2 is 2.00 bits per heavy atom. The van der Waals surface area contributed by atoms with Crippen LogP contribution in [0.25, 0.3) is 10.9 Å². The van der Waals surface area contributed by atoms with Crippen LogP contribution < -0.4 is 10.1 Å². The van der Waals surface area contributed by atoms with Crippen LogP contribution in [0.15, 0.2) is 18.2 Å². The number of hydrogen-bond acceptors (Lipinski definition) is 6. The Labute approximate surface area is 191 Å². The average molecular weight is 450 g/mol. The minimum atomic E-state index is -0.805. The summed E-state index contributed by atoms with van der Waals surface area (Å²) >= 11 is 0. The van der Waals surface area contributed by atoms with Gasteiger partial charge in [0.15, 0.2) is 0 Å². The number of para-hydroxylation sites is 1. The van der Waals surface area contributed by atoms with Gasteiger partial charge in [-0.2, -0.15) is 10.4 Å². The number of carbonyl (C=O) groups is 3. The van der Waals surface area contributed by atoms with Crippen LogP contribution in [0.4, 0.5) is 0 Å². The maximum Gasteiger partial charge on any atom is 0.243 e. The first kappa shape index (κ1) is 21.4. The van der Waals surface area contributed by atoms with Gasteiger partial charge in [0.2, 0.25) is 17.7 Å². The first-order chi connectivity index (χ1) is 15.9. The van der Waals surface area contributed by atoms with Crippen molar-refractivity contribution >= 4 is 28.6 Å². The molecule has 2 aromatic rings. The zero-order chi connectivity index (χ0) is 23.2. The van der Waals surface area contributed by atoms with E-state index in [-0.39, 0.29) is 23.8 Å². The van der Waals surface area contributed by atoms with Crippen molar-refractivity contribution in [2.75, 3.05) is 13.1 Å². The number of amides is 3. The summed E-state index contributed by atoms with van der Waals surface area (Å²) < 4.78 is 8.09. The molecule has 0 spiro atoms. The number of aromatic nitrogens is 2. The van der Waals surface area contributed by atoms with E-state index in [0.29, 0.717) is 63.1 Å². The van der Waals surface area contributed by atoms with Gasteiger partial charge in [0.1, 0.15) is 22.8 Å². The molecule has 9 nitrogen and oxygen atoms in total. The predicted molar refractivity (Wildman–Crippen MR) is 118 cm³/mol. The van der Waals surface area contributed by atoms with Gasteiger partial charge in [-0.15, -0.1) is 0 Å². The maximum absolute atomic E-state index is 12.8. The molecule has 1 atom stereocenters.